The van der Waals surface area contributed by atoms with Crippen LogP contribution in [0.2, 0.25) is 0 Å². The molecule has 1 saturated carbocycles. The zero-order valence-corrected chi connectivity index (χ0v) is 11.6. The fourth-order valence-electron chi connectivity index (χ4n) is 2.78. The molecule has 2 rings (SSSR count). The van der Waals surface area contributed by atoms with E-state index in [4.69, 9.17) is 9.47 Å². The Hall–Kier alpha value is -0.120. The lowest BCUT2D eigenvalue weighted by atomic mass is 10.1. The zero-order chi connectivity index (χ0) is 12.3. The van der Waals surface area contributed by atoms with Crippen molar-refractivity contribution in [2.45, 2.75) is 51.7 Å². The van der Waals surface area contributed by atoms with Gasteiger partial charge in [0, 0.05) is 25.1 Å². The van der Waals surface area contributed by atoms with Gasteiger partial charge < -0.3 is 9.47 Å². The van der Waals surface area contributed by atoms with E-state index in [0.29, 0.717) is 17.6 Å². The molecule has 1 heterocycles. The van der Waals surface area contributed by atoms with Gasteiger partial charge in [0.25, 0.3) is 0 Å². The molecule has 0 aromatic heterocycles. The summed E-state index contributed by atoms with van der Waals surface area (Å²) in [5.41, 5.74) is 0.473. The van der Waals surface area contributed by atoms with E-state index in [9.17, 15) is 0 Å². The maximum atomic E-state index is 5.82. The molecule has 0 unspecified atom stereocenters. The molecule has 1 aliphatic carbocycles. The molecule has 0 bridgehead atoms. The minimum absolute atomic E-state index is 0.362. The molecule has 1 saturated heterocycles. The maximum absolute atomic E-state index is 5.82. The molecule has 0 aromatic rings. The molecule has 3 nitrogen and oxygen atoms in total. The van der Waals surface area contributed by atoms with E-state index in [0.717, 1.165) is 13.2 Å². The number of ether oxygens (including phenoxy) is 2. The zero-order valence-electron chi connectivity index (χ0n) is 11.6. The molecule has 2 fully saturated rings. The predicted octanol–water partition coefficient (Wildman–Crippen LogP) is 2.30. The quantitative estimate of drug-likeness (QED) is 0.682. The van der Waals surface area contributed by atoms with Crippen molar-refractivity contribution in [1.29, 1.82) is 0 Å². The smallest absolute Gasteiger partial charge is 0.0618 e. The summed E-state index contributed by atoms with van der Waals surface area (Å²) >= 11 is 0. The minimum atomic E-state index is 0.362. The van der Waals surface area contributed by atoms with Crippen molar-refractivity contribution in [2.75, 3.05) is 33.4 Å². The van der Waals surface area contributed by atoms with E-state index >= 15 is 0 Å². The Balaban J connectivity index is 1.79. The third-order valence-corrected chi connectivity index (χ3v) is 4.08. The Kier molecular flexibility index (Phi) is 4.45. The van der Waals surface area contributed by atoms with Crippen molar-refractivity contribution in [3.05, 3.63) is 0 Å². The van der Waals surface area contributed by atoms with Crippen molar-refractivity contribution in [3.63, 3.8) is 0 Å². The maximum Gasteiger partial charge on any atom is 0.0618 e. The normalized spacial score (nSPS) is 27.9. The predicted molar refractivity (Wildman–Crippen MR) is 69.2 cm³/mol. The largest absolute Gasteiger partial charge is 0.383 e. The van der Waals surface area contributed by atoms with Gasteiger partial charge in [-0.25, -0.2) is 0 Å². The van der Waals surface area contributed by atoms with E-state index in [2.05, 4.69) is 18.7 Å². The van der Waals surface area contributed by atoms with Crippen LogP contribution in [-0.2, 0) is 9.47 Å². The van der Waals surface area contributed by atoms with Crippen LogP contribution >= 0.6 is 0 Å². The number of hydrogen-bond donors (Lipinski definition) is 0. The van der Waals surface area contributed by atoms with Gasteiger partial charge in [0.1, 0.15) is 0 Å². The van der Waals surface area contributed by atoms with E-state index in [1.54, 1.807) is 0 Å². The monoisotopic (exact) mass is 241 g/mol. The second-order valence-electron chi connectivity index (χ2n) is 6.08. The van der Waals surface area contributed by atoms with Gasteiger partial charge in [0.15, 0.2) is 0 Å². The molecule has 17 heavy (non-hydrogen) atoms. The first-order valence-electron chi connectivity index (χ1n) is 7.00. The number of rotatable bonds is 7. The van der Waals surface area contributed by atoms with Crippen molar-refractivity contribution in [2.24, 2.45) is 5.41 Å². The first-order chi connectivity index (χ1) is 8.15. The van der Waals surface area contributed by atoms with E-state index < -0.39 is 0 Å². The summed E-state index contributed by atoms with van der Waals surface area (Å²) < 4.78 is 11.1. The molecule has 0 amide bonds. The third-order valence-electron chi connectivity index (χ3n) is 4.08. The molecular formula is C14H27NO2. The second-order valence-corrected chi connectivity index (χ2v) is 6.08. The number of nitrogens with zero attached hydrogens (tertiary/aromatic N) is 1. The first kappa shape index (κ1) is 13.3. The van der Waals surface area contributed by atoms with Crippen LogP contribution in [0.4, 0.5) is 0 Å². The summed E-state index contributed by atoms with van der Waals surface area (Å²) in [4.78, 5) is 2.63. The van der Waals surface area contributed by atoms with E-state index in [1.165, 1.54) is 38.8 Å². The van der Waals surface area contributed by atoms with Gasteiger partial charge in [-0.2, -0.15) is 0 Å². The van der Waals surface area contributed by atoms with E-state index in [1.807, 2.05) is 7.11 Å². The van der Waals surface area contributed by atoms with Crippen LogP contribution in [-0.4, -0.2) is 50.5 Å². The van der Waals surface area contributed by atoms with Crippen LogP contribution in [0.25, 0.3) is 0 Å². The number of methoxy groups -OCH3 is 1. The molecule has 0 aromatic carbocycles. The SMILES string of the molecule is COC[C@@H]1CCCN1CC1(COC(C)C)CC1. The van der Waals surface area contributed by atoms with Crippen LogP contribution in [0, 0.1) is 5.41 Å². The highest BCUT2D eigenvalue weighted by Crippen LogP contribution is 2.47. The van der Waals surface area contributed by atoms with Gasteiger partial charge >= 0.3 is 0 Å². The van der Waals surface area contributed by atoms with E-state index in [-0.39, 0.29) is 0 Å². The van der Waals surface area contributed by atoms with Crippen LogP contribution in [0.5, 0.6) is 0 Å². The molecule has 1 aliphatic heterocycles. The van der Waals surface area contributed by atoms with Gasteiger partial charge in [0.2, 0.25) is 0 Å². The standard InChI is InChI=1S/C14H27NO2/c1-12(2)17-11-14(6-7-14)10-15-8-4-5-13(15)9-16-3/h12-13H,4-11H2,1-3H3/t13-/m0/s1. The Morgan fingerprint density at radius 3 is 2.71 bits per heavy atom. The van der Waals surface area contributed by atoms with Crippen LogP contribution < -0.4 is 0 Å². The molecule has 0 spiro atoms. The highest BCUT2D eigenvalue weighted by Gasteiger charge is 2.45. The Morgan fingerprint density at radius 1 is 1.35 bits per heavy atom. The average Bonchev–Trinajstić information content (AvgIpc) is 2.92. The number of hydrogen-bond acceptors (Lipinski definition) is 3. The highest BCUT2D eigenvalue weighted by molar-refractivity contribution is 4.97. The molecule has 100 valence electrons. The molecule has 0 radical (unpaired) electrons. The van der Waals surface area contributed by atoms with Crippen molar-refractivity contribution in [3.8, 4) is 0 Å². The van der Waals surface area contributed by atoms with Gasteiger partial charge in [-0.1, -0.05) is 0 Å². The number of likely N-dealkylation sites (tertiary alicyclic amines) is 1. The van der Waals surface area contributed by atoms with Gasteiger partial charge in [-0.3, -0.25) is 4.90 Å². The summed E-state index contributed by atoms with van der Waals surface area (Å²) in [5, 5.41) is 0. The summed E-state index contributed by atoms with van der Waals surface area (Å²) in [6, 6.07) is 0.650. The minimum Gasteiger partial charge on any atom is -0.383 e. The molecule has 3 heteroatoms. The molecular weight excluding hydrogens is 214 g/mol. The highest BCUT2D eigenvalue weighted by atomic mass is 16.5. The van der Waals surface area contributed by atoms with Crippen LogP contribution in [0.1, 0.15) is 39.5 Å². The summed E-state index contributed by atoms with van der Waals surface area (Å²) in [6.45, 7) is 8.55. The van der Waals surface area contributed by atoms with Crippen molar-refractivity contribution >= 4 is 0 Å². The Bertz CT molecular complexity index is 238. The third kappa shape index (κ3) is 3.67. The van der Waals surface area contributed by atoms with Gasteiger partial charge in [-0.05, 0) is 46.1 Å². The lowest BCUT2D eigenvalue weighted by Gasteiger charge is -2.29. The first-order valence-corrected chi connectivity index (χ1v) is 7.00. The molecule has 2 aliphatic rings. The van der Waals surface area contributed by atoms with Crippen molar-refractivity contribution < 1.29 is 9.47 Å². The Labute approximate surface area is 105 Å². The fraction of sp³-hybridized carbons (Fsp3) is 1.00. The lowest BCUT2D eigenvalue weighted by molar-refractivity contribution is 0.0236. The molecule has 0 N–H and O–H groups in total. The summed E-state index contributed by atoms with van der Waals surface area (Å²) in [7, 11) is 1.81. The summed E-state index contributed by atoms with van der Waals surface area (Å²) in [6.07, 6.45) is 5.68. The Morgan fingerprint density at radius 2 is 2.12 bits per heavy atom. The van der Waals surface area contributed by atoms with Crippen molar-refractivity contribution in [1.82, 2.24) is 4.90 Å². The van der Waals surface area contributed by atoms with Gasteiger partial charge in [0.05, 0.1) is 19.3 Å². The molecule has 1 atom stereocenters. The second kappa shape index (κ2) is 5.68. The average molecular weight is 241 g/mol. The summed E-state index contributed by atoms with van der Waals surface area (Å²) in [5.74, 6) is 0. The van der Waals surface area contributed by atoms with Crippen LogP contribution in [0.3, 0.4) is 0 Å². The lowest BCUT2D eigenvalue weighted by Crippen LogP contribution is -2.38. The van der Waals surface area contributed by atoms with Crippen LogP contribution in [0.15, 0.2) is 0 Å². The topological polar surface area (TPSA) is 21.7 Å². The fourth-order valence-corrected chi connectivity index (χ4v) is 2.78. The van der Waals surface area contributed by atoms with Gasteiger partial charge in [-0.15, -0.1) is 0 Å².